The van der Waals surface area contributed by atoms with E-state index in [1.54, 1.807) is 6.07 Å². The van der Waals surface area contributed by atoms with Gasteiger partial charge in [0.1, 0.15) is 5.75 Å². The minimum absolute atomic E-state index is 0.333. The van der Waals surface area contributed by atoms with Crippen LogP contribution in [0.1, 0.15) is 37.3 Å². The molecule has 106 valence electrons. The lowest BCUT2D eigenvalue weighted by atomic mass is 9.96. The molecular weight excluding hydrogens is 248 g/mol. The van der Waals surface area contributed by atoms with Crippen molar-refractivity contribution >= 4 is 5.69 Å². The molecule has 2 aromatic carbocycles. The van der Waals surface area contributed by atoms with Crippen LogP contribution in [0.5, 0.6) is 5.75 Å². The maximum atomic E-state index is 9.92. The minimum Gasteiger partial charge on any atom is -0.508 e. The second-order valence-electron chi connectivity index (χ2n) is 5.04. The van der Waals surface area contributed by atoms with Crippen LogP contribution in [0, 0.1) is 0 Å². The topological polar surface area (TPSA) is 44.3 Å². The van der Waals surface area contributed by atoms with Crippen LogP contribution in [0.2, 0.25) is 0 Å². The molecule has 0 aliphatic carbocycles. The lowest BCUT2D eigenvalue weighted by Crippen LogP contribution is -2.20. The summed E-state index contributed by atoms with van der Waals surface area (Å²) in [6, 6.07) is 15.8. The molecule has 0 heterocycles. The lowest BCUT2D eigenvalue weighted by molar-refractivity contribution is 0.465. The van der Waals surface area contributed by atoms with E-state index in [1.165, 1.54) is 5.56 Å². The van der Waals surface area contributed by atoms with Gasteiger partial charge in [-0.3, -0.25) is 0 Å². The molecular formula is C17H22N2O. The lowest BCUT2D eigenvalue weighted by Gasteiger charge is -2.13. The molecule has 0 saturated heterocycles. The molecule has 2 aromatic rings. The molecule has 20 heavy (non-hydrogen) atoms. The number of phenolic OH excluding ortho intramolecular Hbond substituents is 1. The van der Waals surface area contributed by atoms with Gasteiger partial charge in [-0.05, 0) is 36.1 Å². The first kappa shape index (κ1) is 14.4. The Kier molecular flexibility index (Phi) is 5.02. The van der Waals surface area contributed by atoms with Gasteiger partial charge in [-0.2, -0.15) is 0 Å². The van der Waals surface area contributed by atoms with E-state index in [9.17, 15) is 5.11 Å². The molecule has 0 fully saturated rings. The standard InChI is InChI=1S/C17H22N2O/c1-3-13(2)14-9-10-17(20)15(11-14)12-18-19-16-7-5-4-6-8-16/h4-11,13,18-20H,3,12H2,1-2H3. The van der Waals surface area contributed by atoms with Gasteiger partial charge in [-0.15, -0.1) is 0 Å². The van der Waals surface area contributed by atoms with Crippen molar-refractivity contribution in [2.24, 2.45) is 0 Å². The molecule has 0 spiro atoms. The Balaban J connectivity index is 1.98. The number of hydrazine groups is 1. The molecule has 3 N–H and O–H groups in total. The highest BCUT2D eigenvalue weighted by atomic mass is 16.3. The van der Waals surface area contributed by atoms with Crippen molar-refractivity contribution in [3.63, 3.8) is 0 Å². The van der Waals surface area contributed by atoms with E-state index < -0.39 is 0 Å². The van der Waals surface area contributed by atoms with Crippen molar-refractivity contribution in [3.8, 4) is 5.75 Å². The molecule has 0 radical (unpaired) electrons. The monoisotopic (exact) mass is 270 g/mol. The smallest absolute Gasteiger partial charge is 0.120 e. The van der Waals surface area contributed by atoms with Crippen LogP contribution in [0.3, 0.4) is 0 Å². The van der Waals surface area contributed by atoms with Gasteiger partial charge in [0.2, 0.25) is 0 Å². The number of hydrogen-bond acceptors (Lipinski definition) is 3. The number of para-hydroxylation sites is 1. The van der Waals surface area contributed by atoms with Crippen LogP contribution in [-0.2, 0) is 6.54 Å². The van der Waals surface area contributed by atoms with E-state index in [4.69, 9.17) is 0 Å². The summed E-state index contributed by atoms with van der Waals surface area (Å²) in [6.45, 7) is 4.95. The van der Waals surface area contributed by atoms with Gasteiger partial charge in [0.15, 0.2) is 0 Å². The van der Waals surface area contributed by atoms with Crippen LogP contribution < -0.4 is 10.9 Å². The first-order valence-electron chi connectivity index (χ1n) is 7.06. The van der Waals surface area contributed by atoms with Crippen LogP contribution in [0.15, 0.2) is 48.5 Å². The first-order valence-corrected chi connectivity index (χ1v) is 7.06. The van der Waals surface area contributed by atoms with Gasteiger partial charge in [-0.1, -0.05) is 44.2 Å². The van der Waals surface area contributed by atoms with E-state index in [0.717, 1.165) is 17.7 Å². The highest BCUT2D eigenvalue weighted by molar-refractivity contribution is 5.42. The molecule has 1 unspecified atom stereocenters. The number of aromatic hydroxyl groups is 1. The summed E-state index contributed by atoms with van der Waals surface area (Å²) < 4.78 is 0. The van der Waals surface area contributed by atoms with E-state index >= 15 is 0 Å². The molecule has 2 rings (SSSR count). The molecule has 0 saturated carbocycles. The van der Waals surface area contributed by atoms with Crippen LogP contribution in [-0.4, -0.2) is 5.11 Å². The van der Waals surface area contributed by atoms with Gasteiger partial charge < -0.3 is 10.5 Å². The quantitative estimate of drug-likeness (QED) is 0.695. The number of anilines is 1. The molecule has 0 aromatic heterocycles. The Labute approximate surface area is 120 Å². The largest absolute Gasteiger partial charge is 0.508 e. The normalized spacial score (nSPS) is 12.1. The average Bonchev–Trinajstić information content (AvgIpc) is 2.49. The van der Waals surface area contributed by atoms with Crippen LogP contribution in [0.4, 0.5) is 5.69 Å². The molecule has 0 aliphatic heterocycles. The summed E-state index contributed by atoms with van der Waals surface area (Å²) in [7, 11) is 0. The third-order valence-electron chi connectivity index (χ3n) is 3.57. The molecule has 3 nitrogen and oxygen atoms in total. The minimum atomic E-state index is 0.333. The zero-order valence-corrected chi connectivity index (χ0v) is 12.1. The molecule has 3 heteroatoms. The van der Waals surface area contributed by atoms with Gasteiger partial charge >= 0.3 is 0 Å². The third kappa shape index (κ3) is 3.75. The van der Waals surface area contributed by atoms with Gasteiger partial charge in [0, 0.05) is 17.8 Å². The second-order valence-corrected chi connectivity index (χ2v) is 5.04. The second kappa shape index (κ2) is 6.96. The number of phenols is 1. The van der Waals surface area contributed by atoms with E-state index in [-0.39, 0.29) is 0 Å². The number of nitrogens with one attached hydrogen (secondary N) is 2. The maximum Gasteiger partial charge on any atom is 0.120 e. The average molecular weight is 270 g/mol. The van der Waals surface area contributed by atoms with Crippen LogP contribution in [0.25, 0.3) is 0 Å². The summed E-state index contributed by atoms with van der Waals surface area (Å²) >= 11 is 0. The Morgan fingerprint density at radius 1 is 1.10 bits per heavy atom. The van der Waals surface area contributed by atoms with E-state index in [0.29, 0.717) is 18.2 Å². The third-order valence-corrected chi connectivity index (χ3v) is 3.57. The first-order chi connectivity index (χ1) is 9.70. The molecule has 0 aliphatic rings. The highest BCUT2D eigenvalue weighted by Crippen LogP contribution is 2.25. The SMILES string of the molecule is CCC(C)c1ccc(O)c(CNNc2ccccc2)c1. The number of hydrogen-bond donors (Lipinski definition) is 3. The van der Waals surface area contributed by atoms with Gasteiger partial charge in [0.05, 0.1) is 0 Å². The van der Waals surface area contributed by atoms with Crippen molar-refractivity contribution in [2.45, 2.75) is 32.7 Å². The Hall–Kier alpha value is -2.00. The van der Waals surface area contributed by atoms with E-state index in [1.807, 2.05) is 36.4 Å². The predicted octanol–water partition coefficient (Wildman–Crippen LogP) is 4.02. The number of rotatable bonds is 6. The highest BCUT2D eigenvalue weighted by Gasteiger charge is 2.07. The number of benzene rings is 2. The van der Waals surface area contributed by atoms with Gasteiger partial charge in [-0.25, -0.2) is 5.43 Å². The van der Waals surface area contributed by atoms with Gasteiger partial charge in [0.25, 0.3) is 0 Å². The zero-order valence-electron chi connectivity index (χ0n) is 12.1. The summed E-state index contributed by atoms with van der Waals surface area (Å²) in [5, 5.41) is 9.92. The predicted molar refractivity (Wildman–Crippen MR) is 83.7 cm³/mol. The Morgan fingerprint density at radius 2 is 1.85 bits per heavy atom. The summed E-state index contributed by atoms with van der Waals surface area (Å²) in [5.74, 6) is 0.843. The summed E-state index contributed by atoms with van der Waals surface area (Å²) in [5.41, 5.74) is 9.43. The van der Waals surface area contributed by atoms with Crippen molar-refractivity contribution in [2.75, 3.05) is 5.43 Å². The van der Waals surface area contributed by atoms with Crippen molar-refractivity contribution < 1.29 is 5.11 Å². The summed E-state index contributed by atoms with van der Waals surface area (Å²) in [4.78, 5) is 0. The molecule has 1 atom stereocenters. The van der Waals surface area contributed by atoms with E-state index in [2.05, 4.69) is 30.8 Å². The zero-order chi connectivity index (χ0) is 14.4. The molecule has 0 bridgehead atoms. The van der Waals surface area contributed by atoms with Crippen LogP contribution >= 0.6 is 0 Å². The fourth-order valence-electron chi connectivity index (χ4n) is 2.05. The van der Waals surface area contributed by atoms with Crippen molar-refractivity contribution in [3.05, 3.63) is 59.7 Å². The fourth-order valence-corrected chi connectivity index (χ4v) is 2.05. The Bertz CT molecular complexity index is 540. The maximum absolute atomic E-state index is 9.92. The van der Waals surface area contributed by atoms with Crippen molar-refractivity contribution in [1.82, 2.24) is 5.43 Å². The fraction of sp³-hybridized carbons (Fsp3) is 0.294. The van der Waals surface area contributed by atoms with Crippen molar-refractivity contribution in [1.29, 1.82) is 0 Å². The molecule has 0 amide bonds. The Morgan fingerprint density at radius 3 is 2.55 bits per heavy atom. The summed E-state index contributed by atoms with van der Waals surface area (Å²) in [6.07, 6.45) is 1.10.